The van der Waals surface area contributed by atoms with E-state index in [2.05, 4.69) is 29.4 Å². The summed E-state index contributed by atoms with van der Waals surface area (Å²) in [7, 11) is 0. The zero-order valence-electron chi connectivity index (χ0n) is 16.2. The number of carbonyl (C=O) groups is 2. The molecule has 1 aromatic carbocycles. The molecule has 1 fully saturated rings. The number of carboxylic acid groups (broad SMARTS) is 1. The topological polar surface area (TPSA) is 90.9 Å². The van der Waals surface area contributed by atoms with Crippen molar-refractivity contribution in [2.75, 3.05) is 39.3 Å². The van der Waals surface area contributed by atoms with E-state index in [1.165, 1.54) is 0 Å². The minimum atomic E-state index is -0.929. The molecule has 150 valence electrons. The van der Waals surface area contributed by atoms with Gasteiger partial charge >= 0.3 is 12.0 Å². The lowest BCUT2D eigenvalue weighted by atomic mass is 10.0. The first-order chi connectivity index (χ1) is 12.9. The van der Waals surface area contributed by atoms with Gasteiger partial charge in [0, 0.05) is 32.7 Å². The molecule has 1 aliphatic heterocycles. The molecule has 0 aromatic heterocycles. The number of carbonyl (C=O) groups excluding carboxylic acids is 1. The smallest absolute Gasteiger partial charge is 0.314 e. The molecular formula is C20H31N3O4. The molecule has 0 saturated carbocycles. The maximum atomic E-state index is 11.5. The molecule has 2 rings (SSSR count). The van der Waals surface area contributed by atoms with Crippen LogP contribution in [0.5, 0.6) is 5.75 Å². The monoisotopic (exact) mass is 377 g/mol. The highest BCUT2D eigenvalue weighted by Gasteiger charge is 2.25. The van der Waals surface area contributed by atoms with Gasteiger partial charge in [0.05, 0.1) is 6.42 Å². The van der Waals surface area contributed by atoms with Crippen LogP contribution in [0.3, 0.4) is 0 Å². The molecule has 0 spiro atoms. The Kier molecular flexibility index (Phi) is 8.39. The molecule has 3 N–H and O–H groups in total. The van der Waals surface area contributed by atoms with Crippen LogP contribution in [-0.2, 0) is 11.2 Å². The fourth-order valence-electron chi connectivity index (χ4n) is 3.14. The predicted octanol–water partition coefficient (Wildman–Crippen LogP) is 1.97. The number of nitrogens with one attached hydrogen (secondary N) is 2. The lowest BCUT2D eigenvalue weighted by Gasteiger charge is -2.16. The van der Waals surface area contributed by atoms with Crippen LogP contribution < -0.4 is 15.4 Å². The largest absolute Gasteiger partial charge is 0.492 e. The Morgan fingerprint density at radius 3 is 2.37 bits per heavy atom. The molecule has 7 heteroatoms. The van der Waals surface area contributed by atoms with E-state index < -0.39 is 5.97 Å². The molecule has 2 amide bonds. The number of hydrogen-bond acceptors (Lipinski definition) is 4. The minimum Gasteiger partial charge on any atom is -0.492 e. The van der Waals surface area contributed by atoms with Crippen LogP contribution in [0.4, 0.5) is 4.79 Å². The van der Waals surface area contributed by atoms with Gasteiger partial charge in [-0.1, -0.05) is 26.0 Å². The highest BCUT2D eigenvalue weighted by molar-refractivity contribution is 5.74. The zero-order chi connectivity index (χ0) is 19.6. The Bertz CT molecular complexity index is 596. The van der Waals surface area contributed by atoms with Crippen LogP contribution in [0.1, 0.15) is 25.8 Å². The van der Waals surface area contributed by atoms with Crippen molar-refractivity contribution in [1.29, 1.82) is 0 Å². The molecule has 7 nitrogen and oxygen atoms in total. The second-order valence-electron chi connectivity index (χ2n) is 7.28. The van der Waals surface area contributed by atoms with Crippen LogP contribution in [0.15, 0.2) is 24.3 Å². The van der Waals surface area contributed by atoms with Crippen LogP contribution in [-0.4, -0.2) is 61.3 Å². The molecule has 27 heavy (non-hydrogen) atoms. The molecule has 0 bridgehead atoms. The number of carboxylic acids is 1. The van der Waals surface area contributed by atoms with E-state index in [0.717, 1.165) is 42.8 Å². The van der Waals surface area contributed by atoms with E-state index in [9.17, 15) is 9.59 Å². The Morgan fingerprint density at radius 1 is 1.11 bits per heavy atom. The fourth-order valence-corrected chi connectivity index (χ4v) is 3.14. The standard InChI is InChI=1S/C20H31N3O4/c1-15-13-23(14-16(15)2)11-12-27-18-5-3-17(4-6-18)7-9-21-20(26)22-10-8-19(24)25/h3-6,15-16H,7-14H2,1-2H3,(H,24,25)(H2,21,22,26). The summed E-state index contributed by atoms with van der Waals surface area (Å²) in [5, 5.41) is 13.7. The van der Waals surface area contributed by atoms with Crippen molar-refractivity contribution < 1.29 is 19.4 Å². The van der Waals surface area contributed by atoms with Crippen molar-refractivity contribution in [2.45, 2.75) is 26.7 Å². The predicted molar refractivity (Wildman–Crippen MR) is 104 cm³/mol. The van der Waals surface area contributed by atoms with Crippen molar-refractivity contribution in [1.82, 2.24) is 15.5 Å². The number of likely N-dealkylation sites (tertiary alicyclic amines) is 1. The minimum absolute atomic E-state index is 0.0787. The molecule has 2 unspecified atom stereocenters. The second kappa shape index (κ2) is 10.8. The van der Waals surface area contributed by atoms with E-state index in [4.69, 9.17) is 9.84 Å². The van der Waals surface area contributed by atoms with Gasteiger partial charge in [0.25, 0.3) is 0 Å². The summed E-state index contributed by atoms with van der Waals surface area (Å²) in [6, 6.07) is 7.56. The Morgan fingerprint density at radius 2 is 1.74 bits per heavy atom. The summed E-state index contributed by atoms with van der Waals surface area (Å²) in [6.45, 7) is 9.18. The summed E-state index contributed by atoms with van der Waals surface area (Å²) >= 11 is 0. The molecule has 1 aromatic rings. The summed E-state index contributed by atoms with van der Waals surface area (Å²) in [6.07, 6.45) is 0.626. The highest BCUT2D eigenvalue weighted by Crippen LogP contribution is 2.21. The Balaban J connectivity index is 1.59. The summed E-state index contributed by atoms with van der Waals surface area (Å²) in [5.41, 5.74) is 1.11. The van der Waals surface area contributed by atoms with Crippen LogP contribution in [0, 0.1) is 11.8 Å². The van der Waals surface area contributed by atoms with Crippen LogP contribution in [0.25, 0.3) is 0 Å². The number of nitrogens with zero attached hydrogens (tertiary/aromatic N) is 1. The Hall–Kier alpha value is -2.28. The molecule has 0 aliphatic carbocycles. The maximum Gasteiger partial charge on any atom is 0.314 e. The van der Waals surface area contributed by atoms with E-state index in [0.29, 0.717) is 19.6 Å². The first kappa shape index (κ1) is 21.0. The number of rotatable bonds is 10. The lowest BCUT2D eigenvalue weighted by molar-refractivity contribution is -0.136. The third-order valence-corrected chi connectivity index (χ3v) is 4.99. The quantitative estimate of drug-likeness (QED) is 0.580. The maximum absolute atomic E-state index is 11.5. The first-order valence-corrected chi connectivity index (χ1v) is 9.61. The molecule has 1 aliphatic rings. The first-order valence-electron chi connectivity index (χ1n) is 9.61. The van der Waals surface area contributed by atoms with Crippen molar-refractivity contribution in [3.63, 3.8) is 0 Å². The normalized spacial score (nSPS) is 19.6. The van der Waals surface area contributed by atoms with E-state index >= 15 is 0 Å². The van der Waals surface area contributed by atoms with Crippen LogP contribution in [0.2, 0.25) is 0 Å². The molecule has 1 heterocycles. The van der Waals surface area contributed by atoms with Crippen molar-refractivity contribution >= 4 is 12.0 Å². The molecule has 0 radical (unpaired) electrons. The number of urea groups is 1. The van der Waals surface area contributed by atoms with Gasteiger partial charge in [-0.3, -0.25) is 9.69 Å². The highest BCUT2D eigenvalue weighted by atomic mass is 16.5. The van der Waals surface area contributed by atoms with Gasteiger partial charge in [-0.05, 0) is 36.0 Å². The average molecular weight is 377 g/mol. The SMILES string of the molecule is CC1CN(CCOc2ccc(CCNC(=O)NCCC(=O)O)cc2)CC1C. The summed E-state index contributed by atoms with van der Waals surface area (Å²) in [5.74, 6) is 1.45. The van der Waals surface area contributed by atoms with Gasteiger partial charge in [-0.2, -0.15) is 0 Å². The number of aliphatic carboxylic acids is 1. The lowest BCUT2D eigenvalue weighted by Crippen LogP contribution is -2.37. The number of ether oxygens (including phenoxy) is 1. The van der Waals surface area contributed by atoms with Gasteiger partial charge in [-0.15, -0.1) is 0 Å². The van der Waals surface area contributed by atoms with Gasteiger partial charge in [0.15, 0.2) is 0 Å². The van der Waals surface area contributed by atoms with Crippen molar-refractivity contribution in [3.05, 3.63) is 29.8 Å². The average Bonchev–Trinajstić information content (AvgIpc) is 2.94. The molecule has 2 atom stereocenters. The van der Waals surface area contributed by atoms with Gasteiger partial charge in [0.1, 0.15) is 12.4 Å². The van der Waals surface area contributed by atoms with Gasteiger partial charge < -0.3 is 20.5 Å². The number of benzene rings is 1. The summed E-state index contributed by atoms with van der Waals surface area (Å²) < 4.78 is 5.83. The van der Waals surface area contributed by atoms with Crippen molar-refractivity contribution in [3.8, 4) is 5.75 Å². The second-order valence-corrected chi connectivity index (χ2v) is 7.28. The van der Waals surface area contributed by atoms with E-state index in [1.54, 1.807) is 0 Å². The van der Waals surface area contributed by atoms with Gasteiger partial charge in [0.2, 0.25) is 0 Å². The third-order valence-electron chi connectivity index (χ3n) is 4.99. The number of amides is 2. The van der Waals surface area contributed by atoms with E-state index in [1.807, 2.05) is 24.3 Å². The zero-order valence-corrected chi connectivity index (χ0v) is 16.2. The summed E-state index contributed by atoms with van der Waals surface area (Å²) in [4.78, 5) is 24.3. The fraction of sp³-hybridized carbons (Fsp3) is 0.600. The van der Waals surface area contributed by atoms with Gasteiger partial charge in [-0.25, -0.2) is 4.79 Å². The molecular weight excluding hydrogens is 346 g/mol. The van der Waals surface area contributed by atoms with Crippen LogP contribution >= 0.6 is 0 Å². The van der Waals surface area contributed by atoms with Crippen molar-refractivity contribution in [2.24, 2.45) is 11.8 Å². The Labute approximate surface area is 161 Å². The third kappa shape index (κ3) is 7.86. The molecule has 1 saturated heterocycles. The van der Waals surface area contributed by atoms with E-state index in [-0.39, 0.29) is 19.0 Å². The number of hydrogen-bond donors (Lipinski definition) is 3.